The van der Waals surface area contributed by atoms with Gasteiger partial charge >= 0.3 is 0 Å². The maximum Gasteiger partial charge on any atom is 0.241 e. The van der Waals surface area contributed by atoms with E-state index in [4.69, 9.17) is 4.74 Å². The van der Waals surface area contributed by atoms with Crippen LogP contribution in [0.5, 0.6) is 0 Å². The van der Waals surface area contributed by atoms with Gasteiger partial charge in [0.1, 0.15) is 5.82 Å². The lowest BCUT2D eigenvalue weighted by molar-refractivity contribution is -0.120. The monoisotopic (exact) mass is 426 g/mol. The maximum atomic E-state index is 13.2. The molecule has 1 atom stereocenters. The van der Waals surface area contributed by atoms with Gasteiger partial charge in [-0.1, -0.05) is 0 Å². The fourth-order valence-electron chi connectivity index (χ4n) is 4.22. The van der Waals surface area contributed by atoms with Crippen LogP contribution in [-0.4, -0.2) is 69.3 Å². The van der Waals surface area contributed by atoms with Gasteiger partial charge in [-0.3, -0.25) is 9.69 Å². The molecule has 6 nitrogen and oxygen atoms in total. The molecule has 2 aliphatic rings. The highest BCUT2D eigenvalue weighted by molar-refractivity contribution is 5.94. The lowest BCUT2D eigenvalue weighted by Gasteiger charge is -2.29. The summed E-state index contributed by atoms with van der Waals surface area (Å²) in [7, 11) is 0. The summed E-state index contributed by atoms with van der Waals surface area (Å²) in [5.74, 6) is -0.210. The molecular weight excluding hydrogens is 395 g/mol. The van der Waals surface area contributed by atoms with Crippen molar-refractivity contribution in [3.05, 3.63) is 54.3 Å². The highest BCUT2D eigenvalue weighted by Crippen LogP contribution is 2.21. The van der Waals surface area contributed by atoms with Gasteiger partial charge in [0.2, 0.25) is 5.91 Å². The molecule has 0 spiro atoms. The number of hydrogen-bond acceptors (Lipinski definition) is 5. The van der Waals surface area contributed by atoms with Gasteiger partial charge in [-0.15, -0.1) is 0 Å². The molecule has 0 saturated carbocycles. The van der Waals surface area contributed by atoms with Crippen molar-refractivity contribution in [2.45, 2.75) is 19.4 Å². The minimum Gasteiger partial charge on any atom is -0.378 e. The Labute approximate surface area is 183 Å². The summed E-state index contributed by atoms with van der Waals surface area (Å²) in [5, 5.41) is 3.06. The topological polar surface area (TPSA) is 48.1 Å². The molecule has 2 fully saturated rings. The molecular formula is C24H31FN4O2. The van der Waals surface area contributed by atoms with E-state index in [1.54, 1.807) is 0 Å². The normalized spacial score (nSPS) is 19.0. The van der Waals surface area contributed by atoms with Crippen LogP contribution in [-0.2, 0) is 9.53 Å². The van der Waals surface area contributed by atoms with E-state index in [0.29, 0.717) is 0 Å². The molecule has 0 radical (unpaired) electrons. The van der Waals surface area contributed by atoms with Crippen molar-refractivity contribution in [2.24, 2.45) is 0 Å². The molecule has 2 aromatic carbocycles. The highest BCUT2D eigenvalue weighted by Gasteiger charge is 2.24. The summed E-state index contributed by atoms with van der Waals surface area (Å²) in [5.41, 5.74) is 3.00. The number of carbonyl (C=O) groups is 1. The minimum atomic E-state index is -0.219. The molecule has 1 unspecified atom stereocenters. The van der Waals surface area contributed by atoms with Crippen LogP contribution in [0, 0.1) is 5.82 Å². The second kappa shape index (κ2) is 10.1. The number of ether oxygens (including phenoxy) is 1. The van der Waals surface area contributed by atoms with Gasteiger partial charge < -0.3 is 19.9 Å². The molecule has 166 valence electrons. The van der Waals surface area contributed by atoms with Crippen molar-refractivity contribution in [1.29, 1.82) is 0 Å². The average Bonchev–Trinajstić information content (AvgIpc) is 3.06. The Hall–Kier alpha value is -2.64. The second-order valence-corrected chi connectivity index (χ2v) is 8.16. The third-order valence-corrected chi connectivity index (χ3v) is 6.16. The van der Waals surface area contributed by atoms with Crippen molar-refractivity contribution in [1.82, 2.24) is 4.90 Å². The first kappa shape index (κ1) is 21.6. The Morgan fingerprint density at radius 3 is 2.16 bits per heavy atom. The molecule has 1 amide bonds. The second-order valence-electron chi connectivity index (χ2n) is 8.16. The number of hydrogen-bond donors (Lipinski definition) is 1. The quantitative estimate of drug-likeness (QED) is 0.796. The van der Waals surface area contributed by atoms with E-state index in [-0.39, 0.29) is 17.8 Å². The van der Waals surface area contributed by atoms with Crippen LogP contribution in [0.15, 0.2) is 48.5 Å². The third kappa shape index (κ3) is 5.54. The average molecular weight is 427 g/mol. The standard InChI is InChI=1S/C24H31FN4O2/c1-19(27-11-2-12-28(14-13-27)22-7-3-20(25)4-8-22)24(30)26-21-5-9-23(10-6-21)29-15-17-31-18-16-29/h3-10,19H,2,11-18H2,1H3,(H,26,30). The first-order valence-electron chi connectivity index (χ1n) is 11.1. The van der Waals surface area contributed by atoms with Crippen molar-refractivity contribution in [3.8, 4) is 0 Å². The third-order valence-electron chi connectivity index (χ3n) is 6.16. The van der Waals surface area contributed by atoms with Gasteiger partial charge in [0, 0.05) is 56.3 Å². The van der Waals surface area contributed by atoms with Gasteiger partial charge in [-0.2, -0.15) is 0 Å². The van der Waals surface area contributed by atoms with Gasteiger partial charge in [0.05, 0.1) is 19.3 Å². The number of nitrogens with one attached hydrogen (secondary N) is 1. The van der Waals surface area contributed by atoms with E-state index in [1.165, 1.54) is 12.1 Å². The molecule has 0 bridgehead atoms. The Morgan fingerprint density at radius 2 is 1.48 bits per heavy atom. The summed E-state index contributed by atoms with van der Waals surface area (Å²) in [6.45, 7) is 8.64. The predicted octanol–water partition coefficient (Wildman–Crippen LogP) is 3.20. The van der Waals surface area contributed by atoms with E-state index in [2.05, 4.69) is 32.1 Å². The summed E-state index contributed by atoms with van der Waals surface area (Å²) < 4.78 is 18.6. The van der Waals surface area contributed by atoms with E-state index >= 15 is 0 Å². The molecule has 0 aromatic heterocycles. The van der Waals surface area contributed by atoms with Crippen molar-refractivity contribution in [3.63, 3.8) is 0 Å². The molecule has 4 rings (SSSR count). The Bertz CT molecular complexity index is 853. The fourth-order valence-corrected chi connectivity index (χ4v) is 4.22. The van der Waals surface area contributed by atoms with Gasteiger partial charge in [0.15, 0.2) is 0 Å². The maximum absolute atomic E-state index is 13.2. The van der Waals surface area contributed by atoms with Crippen LogP contribution in [0.25, 0.3) is 0 Å². The van der Waals surface area contributed by atoms with Gasteiger partial charge in [0.25, 0.3) is 0 Å². The zero-order valence-corrected chi connectivity index (χ0v) is 18.1. The van der Waals surface area contributed by atoms with E-state index < -0.39 is 0 Å². The molecule has 7 heteroatoms. The van der Waals surface area contributed by atoms with Gasteiger partial charge in [-0.25, -0.2) is 4.39 Å². The molecule has 0 aliphatic carbocycles. The summed E-state index contributed by atoms with van der Waals surface area (Å²) in [4.78, 5) is 19.6. The fraction of sp³-hybridized carbons (Fsp3) is 0.458. The lowest BCUT2D eigenvalue weighted by Crippen LogP contribution is -2.44. The number of anilines is 3. The first-order valence-corrected chi connectivity index (χ1v) is 11.1. The SMILES string of the molecule is CC(C(=O)Nc1ccc(N2CCOCC2)cc1)N1CCCN(c2ccc(F)cc2)CC1. The molecule has 2 heterocycles. The van der Waals surface area contributed by atoms with E-state index in [0.717, 1.165) is 76.0 Å². The number of nitrogens with zero attached hydrogens (tertiary/aromatic N) is 3. The molecule has 2 aliphatic heterocycles. The van der Waals surface area contributed by atoms with Crippen LogP contribution in [0.3, 0.4) is 0 Å². The molecule has 2 saturated heterocycles. The number of carbonyl (C=O) groups excluding carboxylic acids is 1. The van der Waals surface area contributed by atoms with Crippen LogP contribution in [0.4, 0.5) is 21.5 Å². The number of benzene rings is 2. The summed E-state index contributed by atoms with van der Waals surface area (Å²) in [6, 6.07) is 14.5. The molecule has 31 heavy (non-hydrogen) atoms. The number of halogens is 1. The van der Waals surface area contributed by atoms with E-state index in [9.17, 15) is 9.18 Å². The van der Waals surface area contributed by atoms with Gasteiger partial charge in [-0.05, 0) is 61.9 Å². The van der Waals surface area contributed by atoms with Crippen LogP contribution >= 0.6 is 0 Å². The molecule has 2 aromatic rings. The Kier molecular flexibility index (Phi) is 7.04. The Balaban J connectivity index is 1.31. The predicted molar refractivity (Wildman–Crippen MR) is 122 cm³/mol. The zero-order chi connectivity index (χ0) is 21.6. The largest absolute Gasteiger partial charge is 0.378 e. The lowest BCUT2D eigenvalue weighted by atomic mass is 10.2. The van der Waals surface area contributed by atoms with Crippen molar-refractivity contribution < 1.29 is 13.9 Å². The van der Waals surface area contributed by atoms with E-state index in [1.807, 2.05) is 31.2 Å². The smallest absolute Gasteiger partial charge is 0.241 e. The summed E-state index contributed by atoms with van der Waals surface area (Å²) in [6.07, 6.45) is 0.962. The number of amides is 1. The van der Waals surface area contributed by atoms with Crippen LogP contribution < -0.4 is 15.1 Å². The van der Waals surface area contributed by atoms with Crippen molar-refractivity contribution in [2.75, 3.05) is 67.6 Å². The first-order chi connectivity index (χ1) is 15.1. The zero-order valence-electron chi connectivity index (χ0n) is 18.1. The number of morpholine rings is 1. The van der Waals surface area contributed by atoms with Crippen LogP contribution in [0.1, 0.15) is 13.3 Å². The minimum absolute atomic E-state index is 0.00866. The van der Waals surface area contributed by atoms with Crippen molar-refractivity contribution >= 4 is 23.0 Å². The van der Waals surface area contributed by atoms with Crippen LogP contribution in [0.2, 0.25) is 0 Å². The molecule has 1 N–H and O–H groups in total. The highest BCUT2D eigenvalue weighted by atomic mass is 19.1. The Morgan fingerprint density at radius 1 is 0.871 bits per heavy atom. The summed E-state index contributed by atoms with van der Waals surface area (Å²) >= 11 is 0. The number of rotatable bonds is 5.